The molecule has 1 heterocycles. The first-order chi connectivity index (χ1) is 7.09. The van der Waals surface area contributed by atoms with E-state index in [0.717, 1.165) is 25.1 Å². The number of nitrogens with one attached hydrogen (secondary N) is 1. The summed E-state index contributed by atoms with van der Waals surface area (Å²) in [5, 5.41) is 16.3. The van der Waals surface area contributed by atoms with Crippen molar-refractivity contribution in [1.29, 1.82) is 5.26 Å². The lowest BCUT2D eigenvalue weighted by atomic mass is 9.98. The van der Waals surface area contributed by atoms with Crippen LogP contribution in [0.3, 0.4) is 0 Å². The number of rotatable bonds is 5. The van der Waals surface area contributed by atoms with Crippen LogP contribution in [0.15, 0.2) is 12.3 Å². The summed E-state index contributed by atoms with van der Waals surface area (Å²) >= 11 is 0. The molecule has 0 saturated carbocycles. The van der Waals surface area contributed by atoms with Gasteiger partial charge in [-0.05, 0) is 39.8 Å². The maximum atomic E-state index is 8.95. The van der Waals surface area contributed by atoms with Gasteiger partial charge in [-0.2, -0.15) is 10.4 Å². The molecule has 0 bridgehead atoms. The number of nitrogens with zero attached hydrogens (tertiary/aromatic N) is 3. The summed E-state index contributed by atoms with van der Waals surface area (Å²) in [6, 6.07) is 4.27. The van der Waals surface area contributed by atoms with Crippen LogP contribution in [0.2, 0.25) is 0 Å². The first-order valence-corrected chi connectivity index (χ1v) is 5.20. The molecule has 1 aromatic rings. The van der Waals surface area contributed by atoms with Crippen LogP contribution in [-0.4, -0.2) is 22.4 Å². The van der Waals surface area contributed by atoms with Crippen molar-refractivity contribution < 1.29 is 0 Å². The average molecular weight is 206 g/mol. The van der Waals surface area contributed by atoms with Gasteiger partial charge in [0.15, 0.2) is 0 Å². The molecule has 0 aliphatic rings. The van der Waals surface area contributed by atoms with Gasteiger partial charge in [-0.25, -0.2) is 0 Å². The topological polar surface area (TPSA) is 53.6 Å². The van der Waals surface area contributed by atoms with E-state index < -0.39 is 5.54 Å². The molecule has 4 nitrogen and oxygen atoms in total. The van der Waals surface area contributed by atoms with E-state index in [4.69, 9.17) is 5.26 Å². The zero-order valence-corrected chi connectivity index (χ0v) is 9.62. The minimum atomic E-state index is -0.414. The minimum Gasteiger partial charge on any atom is -0.303 e. The Morgan fingerprint density at radius 3 is 2.87 bits per heavy atom. The molecule has 1 atom stereocenters. The molecule has 15 heavy (non-hydrogen) atoms. The van der Waals surface area contributed by atoms with Gasteiger partial charge in [0.2, 0.25) is 0 Å². The Kier molecular flexibility index (Phi) is 3.87. The molecule has 0 radical (unpaired) electrons. The lowest BCUT2D eigenvalue weighted by molar-refractivity contribution is 0.415. The van der Waals surface area contributed by atoms with E-state index in [1.165, 1.54) is 0 Å². The second-order valence-electron chi connectivity index (χ2n) is 4.02. The van der Waals surface area contributed by atoms with Gasteiger partial charge in [0.05, 0.1) is 11.8 Å². The third kappa shape index (κ3) is 3.37. The van der Waals surface area contributed by atoms with Crippen molar-refractivity contribution in [3.63, 3.8) is 0 Å². The lowest BCUT2D eigenvalue weighted by Crippen LogP contribution is -2.38. The Morgan fingerprint density at radius 1 is 1.67 bits per heavy atom. The van der Waals surface area contributed by atoms with Gasteiger partial charge in [0, 0.05) is 12.7 Å². The van der Waals surface area contributed by atoms with E-state index in [-0.39, 0.29) is 0 Å². The van der Waals surface area contributed by atoms with Gasteiger partial charge in [-0.15, -0.1) is 0 Å². The third-order valence-electron chi connectivity index (χ3n) is 2.64. The van der Waals surface area contributed by atoms with Gasteiger partial charge in [-0.3, -0.25) is 4.68 Å². The van der Waals surface area contributed by atoms with Gasteiger partial charge in [0.25, 0.3) is 0 Å². The van der Waals surface area contributed by atoms with Crippen LogP contribution in [0.5, 0.6) is 0 Å². The lowest BCUT2D eigenvalue weighted by Gasteiger charge is -2.20. The highest BCUT2D eigenvalue weighted by atomic mass is 15.3. The van der Waals surface area contributed by atoms with Crippen LogP contribution in [-0.2, 0) is 6.54 Å². The van der Waals surface area contributed by atoms with Crippen LogP contribution in [0.4, 0.5) is 0 Å². The predicted octanol–water partition coefficient (Wildman–Crippen LogP) is 1.47. The standard InChI is InChI=1S/C11H18N4/c1-10-5-8-15(14-10)7-4-6-11(2,9-12)13-3/h5,8,13H,4,6-7H2,1-3H3. The summed E-state index contributed by atoms with van der Waals surface area (Å²) < 4.78 is 1.92. The van der Waals surface area contributed by atoms with Gasteiger partial charge in [0.1, 0.15) is 5.54 Å². The highest BCUT2D eigenvalue weighted by Gasteiger charge is 2.19. The number of hydrogen-bond donors (Lipinski definition) is 1. The Bertz CT molecular complexity index is 350. The molecule has 0 aromatic carbocycles. The van der Waals surface area contributed by atoms with Gasteiger partial charge in [-0.1, -0.05) is 0 Å². The van der Waals surface area contributed by atoms with Crippen LogP contribution in [0.25, 0.3) is 0 Å². The Labute approximate surface area is 90.9 Å². The fraction of sp³-hybridized carbons (Fsp3) is 0.636. The fourth-order valence-electron chi connectivity index (χ4n) is 1.42. The van der Waals surface area contributed by atoms with Crippen molar-refractivity contribution in [2.45, 2.75) is 38.8 Å². The summed E-state index contributed by atoms with van der Waals surface area (Å²) in [4.78, 5) is 0. The van der Waals surface area contributed by atoms with E-state index in [0.29, 0.717) is 0 Å². The average Bonchev–Trinajstić information content (AvgIpc) is 2.64. The molecule has 0 spiro atoms. The SMILES string of the molecule is CNC(C)(C#N)CCCn1ccc(C)n1. The highest BCUT2D eigenvalue weighted by molar-refractivity contribution is 5.02. The van der Waals surface area contributed by atoms with Gasteiger partial charge < -0.3 is 5.32 Å². The number of aromatic nitrogens is 2. The zero-order valence-electron chi connectivity index (χ0n) is 9.62. The quantitative estimate of drug-likeness (QED) is 0.793. The second-order valence-corrected chi connectivity index (χ2v) is 4.02. The summed E-state index contributed by atoms with van der Waals surface area (Å²) in [6.45, 7) is 4.76. The minimum absolute atomic E-state index is 0.414. The van der Waals surface area contributed by atoms with Crippen molar-refractivity contribution in [2.75, 3.05) is 7.05 Å². The van der Waals surface area contributed by atoms with E-state index in [1.807, 2.05) is 37.8 Å². The molecule has 0 aliphatic heterocycles. The first-order valence-electron chi connectivity index (χ1n) is 5.20. The fourth-order valence-corrected chi connectivity index (χ4v) is 1.42. The zero-order chi connectivity index (χ0) is 11.3. The summed E-state index contributed by atoms with van der Waals surface area (Å²) in [5.74, 6) is 0. The molecule has 0 aliphatic carbocycles. The predicted molar refractivity (Wildman–Crippen MR) is 59.3 cm³/mol. The first kappa shape index (κ1) is 11.7. The number of nitriles is 1. The normalized spacial score (nSPS) is 14.5. The smallest absolute Gasteiger partial charge is 0.103 e. The number of hydrogen-bond acceptors (Lipinski definition) is 3. The molecule has 0 saturated heterocycles. The molecule has 1 unspecified atom stereocenters. The van der Waals surface area contributed by atoms with Crippen LogP contribution >= 0.6 is 0 Å². The van der Waals surface area contributed by atoms with Crippen LogP contribution < -0.4 is 5.32 Å². The Morgan fingerprint density at radius 2 is 2.40 bits per heavy atom. The largest absolute Gasteiger partial charge is 0.303 e. The summed E-state index contributed by atoms with van der Waals surface area (Å²) in [5.41, 5.74) is 0.619. The van der Waals surface area contributed by atoms with E-state index in [9.17, 15) is 0 Å². The van der Waals surface area contributed by atoms with E-state index in [2.05, 4.69) is 16.5 Å². The van der Waals surface area contributed by atoms with Crippen LogP contribution in [0.1, 0.15) is 25.5 Å². The van der Waals surface area contributed by atoms with Crippen molar-refractivity contribution in [3.8, 4) is 6.07 Å². The molecule has 82 valence electrons. The van der Waals surface area contributed by atoms with Crippen molar-refractivity contribution in [3.05, 3.63) is 18.0 Å². The summed E-state index contributed by atoms with van der Waals surface area (Å²) in [6.07, 6.45) is 3.75. The molecule has 1 aromatic heterocycles. The third-order valence-corrected chi connectivity index (χ3v) is 2.64. The van der Waals surface area contributed by atoms with Gasteiger partial charge >= 0.3 is 0 Å². The maximum Gasteiger partial charge on any atom is 0.103 e. The number of aryl methyl sites for hydroxylation is 2. The molecule has 1 rings (SSSR count). The Hall–Kier alpha value is -1.34. The van der Waals surface area contributed by atoms with E-state index in [1.54, 1.807) is 0 Å². The van der Waals surface area contributed by atoms with Crippen molar-refractivity contribution in [1.82, 2.24) is 15.1 Å². The second kappa shape index (κ2) is 4.94. The molecule has 1 N–H and O–H groups in total. The van der Waals surface area contributed by atoms with Crippen molar-refractivity contribution >= 4 is 0 Å². The molecular formula is C11H18N4. The van der Waals surface area contributed by atoms with Crippen LogP contribution in [0, 0.1) is 18.3 Å². The van der Waals surface area contributed by atoms with Crippen molar-refractivity contribution in [2.24, 2.45) is 0 Å². The van der Waals surface area contributed by atoms with E-state index >= 15 is 0 Å². The molecule has 0 amide bonds. The highest BCUT2D eigenvalue weighted by Crippen LogP contribution is 2.11. The Balaban J connectivity index is 2.37. The molecular weight excluding hydrogens is 188 g/mol. The summed E-state index contributed by atoms with van der Waals surface area (Å²) in [7, 11) is 1.82. The molecule has 0 fully saturated rings. The maximum absolute atomic E-state index is 8.95. The monoisotopic (exact) mass is 206 g/mol. The molecule has 4 heteroatoms.